The van der Waals surface area contributed by atoms with Gasteiger partial charge in [0.2, 0.25) is 5.92 Å². The number of likely N-dealkylation sites (tertiary alicyclic amines) is 1. The molecule has 0 N–H and O–H groups in total. The van der Waals surface area contributed by atoms with E-state index in [0.29, 0.717) is 34.8 Å². The van der Waals surface area contributed by atoms with Crippen LogP contribution in [-0.2, 0) is 6.42 Å². The Balaban J connectivity index is 1.41. The minimum Gasteiger partial charge on any atom is -0.300 e. The average molecular weight is 425 g/mol. The van der Waals surface area contributed by atoms with E-state index in [4.69, 9.17) is 23.2 Å². The number of halogens is 4. The maximum Gasteiger partial charge on any atom is 0.248 e. The fraction of sp³-hybridized carbons (Fsp3) is 0.500. The first kappa shape index (κ1) is 20.1. The molecule has 0 amide bonds. The van der Waals surface area contributed by atoms with Gasteiger partial charge in [0.25, 0.3) is 0 Å². The number of aromatic nitrogens is 1. The minimum atomic E-state index is -2.47. The zero-order chi connectivity index (χ0) is 19.7. The zero-order valence-electron chi connectivity index (χ0n) is 15.7. The van der Waals surface area contributed by atoms with E-state index < -0.39 is 5.92 Å². The third-order valence-electron chi connectivity index (χ3n) is 6.15. The van der Waals surface area contributed by atoms with Crippen molar-refractivity contribution in [3.05, 3.63) is 52.3 Å². The Hall–Kier alpha value is -1.23. The Morgan fingerprint density at radius 2 is 1.79 bits per heavy atom. The van der Waals surface area contributed by atoms with Gasteiger partial charge in [-0.3, -0.25) is 4.98 Å². The zero-order valence-corrected chi connectivity index (χ0v) is 17.2. The number of alkyl halides is 2. The summed E-state index contributed by atoms with van der Waals surface area (Å²) in [4.78, 5) is 6.54. The highest BCUT2D eigenvalue weighted by Crippen LogP contribution is 2.38. The second-order valence-electron chi connectivity index (χ2n) is 8.10. The number of pyridine rings is 1. The van der Waals surface area contributed by atoms with Crippen molar-refractivity contribution in [1.82, 2.24) is 9.88 Å². The van der Waals surface area contributed by atoms with Gasteiger partial charge in [0.15, 0.2) is 0 Å². The standard InChI is InChI=1S/C22H24Cl2F2N2/c23-20-11-17(16-2-1-8-27-13-16)12-21(24)19(20)10-15-5-9-28(14-15)18-3-6-22(25,26)7-4-18/h1-2,8,11-13,15,18H,3-7,9-10,14H2. The van der Waals surface area contributed by atoms with Gasteiger partial charge in [0, 0.05) is 53.4 Å². The Kier molecular flexibility index (Phi) is 5.91. The van der Waals surface area contributed by atoms with E-state index in [9.17, 15) is 8.78 Å². The number of nitrogens with zero attached hydrogens (tertiary/aromatic N) is 2. The van der Waals surface area contributed by atoms with Gasteiger partial charge in [0.1, 0.15) is 0 Å². The second-order valence-corrected chi connectivity index (χ2v) is 8.92. The summed E-state index contributed by atoms with van der Waals surface area (Å²) in [7, 11) is 0. The lowest BCUT2D eigenvalue weighted by Crippen LogP contribution is -2.39. The van der Waals surface area contributed by atoms with E-state index in [1.165, 1.54) is 0 Å². The summed E-state index contributed by atoms with van der Waals surface area (Å²) in [6.45, 7) is 1.91. The Morgan fingerprint density at radius 1 is 1.07 bits per heavy atom. The molecule has 0 bridgehead atoms. The molecular formula is C22H24Cl2F2N2. The Bertz CT molecular complexity index is 796. The van der Waals surface area contributed by atoms with Crippen molar-refractivity contribution in [2.24, 2.45) is 5.92 Å². The van der Waals surface area contributed by atoms with Gasteiger partial charge in [0.05, 0.1) is 0 Å². The normalized spacial score (nSPS) is 23.2. The first-order valence-corrected chi connectivity index (χ1v) is 10.7. The smallest absolute Gasteiger partial charge is 0.248 e. The Labute approximate surface area is 174 Å². The van der Waals surface area contributed by atoms with E-state index in [0.717, 1.165) is 42.6 Å². The van der Waals surface area contributed by atoms with Gasteiger partial charge in [-0.2, -0.15) is 0 Å². The van der Waals surface area contributed by atoms with Crippen LogP contribution in [-0.4, -0.2) is 34.9 Å². The molecule has 1 aromatic heterocycles. The third-order valence-corrected chi connectivity index (χ3v) is 6.82. The molecule has 1 aliphatic heterocycles. The van der Waals surface area contributed by atoms with Crippen molar-refractivity contribution >= 4 is 23.2 Å². The van der Waals surface area contributed by atoms with Gasteiger partial charge in [-0.15, -0.1) is 0 Å². The van der Waals surface area contributed by atoms with E-state index in [-0.39, 0.29) is 12.8 Å². The van der Waals surface area contributed by atoms with Crippen LogP contribution in [0.5, 0.6) is 0 Å². The molecule has 1 aliphatic carbocycles. The molecule has 1 saturated carbocycles. The van der Waals surface area contributed by atoms with Gasteiger partial charge in [-0.25, -0.2) is 8.78 Å². The molecule has 150 valence electrons. The number of hydrogen-bond donors (Lipinski definition) is 0. The van der Waals surface area contributed by atoms with Crippen LogP contribution in [0, 0.1) is 5.92 Å². The van der Waals surface area contributed by atoms with Crippen LogP contribution in [0.3, 0.4) is 0 Å². The number of benzene rings is 1. The monoisotopic (exact) mass is 424 g/mol. The van der Waals surface area contributed by atoms with Gasteiger partial charge in [-0.05, 0) is 67.5 Å². The first-order valence-electron chi connectivity index (χ1n) is 9.91. The Morgan fingerprint density at radius 3 is 2.43 bits per heavy atom. The molecular weight excluding hydrogens is 401 g/mol. The topological polar surface area (TPSA) is 16.1 Å². The van der Waals surface area contributed by atoms with Crippen molar-refractivity contribution in [2.75, 3.05) is 13.1 Å². The average Bonchev–Trinajstić information content (AvgIpc) is 3.14. The molecule has 1 aromatic carbocycles. The fourth-order valence-corrected chi connectivity index (χ4v) is 5.18. The second kappa shape index (κ2) is 8.25. The lowest BCUT2D eigenvalue weighted by atomic mass is 9.91. The summed E-state index contributed by atoms with van der Waals surface area (Å²) in [5.74, 6) is -2.01. The largest absolute Gasteiger partial charge is 0.300 e. The molecule has 6 heteroatoms. The molecule has 0 radical (unpaired) electrons. The molecule has 2 nitrogen and oxygen atoms in total. The molecule has 2 heterocycles. The predicted octanol–water partition coefficient (Wildman–Crippen LogP) is 6.50. The van der Waals surface area contributed by atoms with Crippen LogP contribution >= 0.6 is 23.2 Å². The van der Waals surface area contributed by atoms with Crippen LogP contribution in [0.2, 0.25) is 10.0 Å². The quantitative estimate of drug-likeness (QED) is 0.556. The minimum absolute atomic E-state index is 0.0201. The van der Waals surface area contributed by atoms with Crippen LogP contribution in [0.1, 0.15) is 37.7 Å². The highest BCUT2D eigenvalue weighted by molar-refractivity contribution is 6.36. The number of hydrogen-bond acceptors (Lipinski definition) is 2. The van der Waals surface area contributed by atoms with Crippen molar-refractivity contribution in [2.45, 2.75) is 50.5 Å². The van der Waals surface area contributed by atoms with Gasteiger partial charge in [-0.1, -0.05) is 29.3 Å². The summed E-state index contributed by atoms with van der Waals surface area (Å²) in [5.41, 5.74) is 2.93. The maximum absolute atomic E-state index is 13.4. The summed E-state index contributed by atoms with van der Waals surface area (Å²) in [6, 6.07) is 8.07. The van der Waals surface area contributed by atoms with Crippen LogP contribution in [0.15, 0.2) is 36.7 Å². The van der Waals surface area contributed by atoms with E-state index in [1.54, 1.807) is 12.4 Å². The lowest BCUT2D eigenvalue weighted by molar-refractivity contribution is -0.0518. The molecule has 2 aromatic rings. The van der Waals surface area contributed by atoms with Crippen molar-refractivity contribution in [3.63, 3.8) is 0 Å². The van der Waals surface area contributed by atoms with Crippen molar-refractivity contribution in [1.29, 1.82) is 0 Å². The van der Waals surface area contributed by atoms with E-state index in [2.05, 4.69) is 9.88 Å². The molecule has 1 saturated heterocycles. The molecule has 1 atom stereocenters. The first-order chi connectivity index (χ1) is 13.4. The van der Waals surface area contributed by atoms with Crippen LogP contribution in [0.4, 0.5) is 8.78 Å². The maximum atomic E-state index is 13.4. The molecule has 2 aliphatic rings. The molecule has 1 unspecified atom stereocenters. The summed E-state index contributed by atoms with van der Waals surface area (Å²) < 4.78 is 26.8. The summed E-state index contributed by atoms with van der Waals surface area (Å²) in [6.07, 6.45) is 6.65. The van der Waals surface area contributed by atoms with Crippen LogP contribution < -0.4 is 0 Å². The van der Waals surface area contributed by atoms with Crippen molar-refractivity contribution < 1.29 is 8.78 Å². The number of rotatable bonds is 4. The molecule has 28 heavy (non-hydrogen) atoms. The van der Waals surface area contributed by atoms with E-state index in [1.807, 2.05) is 24.3 Å². The predicted molar refractivity (Wildman–Crippen MR) is 110 cm³/mol. The lowest BCUT2D eigenvalue weighted by Gasteiger charge is -2.34. The summed E-state index contributed by atoms with van der Waals surface area (Å²) >= 11 is 13.2. The molecule has 0 spiro atoms. The van der Waals surface area contributed by atoms with Crippen LogP contribution in [0.25, 0.3) is 11.1 Å². The van der Waals surface area contributed by atoms with Gasteiger partial charge < -0.3 is 4.90 Å². The highest BCUT2D eigenvalue weighted by Gasteiger charge is 2.38. The fourth-order valence-electron chi connectivity index (χ4n) is 4.54. The highest BCUT2D eigenvalue weighted by atomic mass is 35.5. The van der Waals surface area contributed by atoms with Gasteiger partial charge >= 0.3 is 0 Å². The molecule has 2 fully saturated rings. The summed E-state index contributed by atoms with van der Waals surface area (Å²) in [5, 5.41) is 1.37. The van der Waals surface area contributed by atoms with E-state index >= 15 is 0 Å². The van der Waals surface area contributed by atoms with Crippen molar-refractivity contribution in [3.8, 4) is 11.1 Å². The SMILES string of the molecule is FC1(F)CCC(N2CCC(Cc3c(Cl)cc(-c4cccnc4)cc3Cl)C2)CC1. The molecule has 4 rings (SSSR count). The third kappa shape index (κ3) is 4.50.